The molecule has 1 spiro atoms. The second kappa shape index (κ2) is 8.22. The molecule has 6 rings (SSSR count). The number of hydrogen-bond acceptors (Lipinski definition) is 0. The van der Waals surface area contributed by atoms with Gasteiger partial charge in [0.25, 0.3) is 0 Å². The van der Waals surface area contributed by atoms with Crippen LogP contribution in [0.5, 0.6) is 0 Å². The van der Waals surface area contributed by atoms with Gasteiger partial charge < -0.3 is 0 Å². The van der Waals surface area contributed by atoms with Crippen LogP contribution < -0.4 is 0 Å². The molecule has 0 atom stereocenters. The van der Waals surface area contributed by atoms with Gasteiger partial charge in [0.1, 0.15) is 0 Å². The van der Waals surface area contributed by atoms with Gasteiger partial charge in [0, 0.05) is 0 Å². The Morgan fingerprint density at radius 3 is 1.48 bits per heavy atom. The van der Waals surface area contributed by atoms with Crippen LogP contribution in [0.15, 0.2) is 122 Å². The topological polar surface area (TPSA) is 0 Å². The minimum atomic E-state index is -0.299. The SMILES string of the molecule is C=C/C(=C\C)c1cccc2c1C1(c3ccccc3-c3ccccc31)c1ccccc1-2.C=CC. The van der Waals surface area contributed by atoms with Crippen molar-refractivity contribution in [2.45, 2.75) is 19.3 Å². The third-order valence-electron chi connectivity index (χ3n) is 6.85. The molecule has 33 heavy (non-hydrogen) atoms. The Morgan fingerprint density at radius 2 is 1.03 bits per heavy atom. The highest BCUT2D eigenvalue weighted by Gasteiger charge is 2.52. The van der Waals surface area contributed by atoms with Crippen molar-refractivity contribution in [1.29, 1.82) is 0 Å². The lowest BCUT2D eigenvalue weighted by Crippen LogP contribution is -2.27. The van der Waals surface area contributed by atoms with Gasteiger partial charge in [-0.1, -0.05) is 116 Å². The first-order valence-electron chi connectivity index (χ1n) is 11.5. The van der Waals surface area contributed by atoms with E-state index in [2.05, 4.69) is 117 Å². The summed E-state index contributed by atoms with van der Waals surface area (Å²) in [6.07, 6.45) is 5.91. The fourth-order valence-corrected chi connectivity index (χ4v) is 5.78. The maximum atomic E-state index is 4.12. The van der Waals surface area contributed by atoms with Crippen LogP contribution in [0.4, 0.5) is 0 Å². The minimum absolute atomic E-state index is 0.299. The Bertz CT molecular complexity index is 1350. The molecule has 0 heterocycles. The van der Waals surface area contributed by atoms with E-state index in [0.717, 1.165) is 0 Å². The molecule has 0 saturated heterocycles. The van der Waals surface area contributed by atoms with Crippen LogP contribution in [0, 0.1) is 0 Å². The van der Waals surface area contributed by atoms with Gasteiger partial charge in [-0.3, -0.25) is 0 Å². The predicted octanol–water partition coefficient (Wildman–Crippen LogP) is 8.81. The first-order valence-corrected chi connectivity index (χ1v) is 11.5. The maximum Gasteiger partial charge on any atom is 0.0731 e. The Hall–Kier alpha value is -3.90. The molecule has 0 heteroatoms. The second-order valence-electron chi connectivity index (χ2n) is 8.47. The van der Waals surface area contributed by atoms with Gasteiger partial charge >= 0.3 is 0 Å². The summed E-state index contributed by atoms with van der Waals surface area (Å²) in [7, 11) is 0. The molecule has 0 aliphatic heterocycles. The van der Waals surface area contributed by atoms with E-state index in [1.54, 1.807) is 6.08 Å². The number of fused-ring (bicyclic) bond motifs is 10. The summed E-state index contributed by atoms with van der Waals surface area (Å²) in [5.74, 6) is 0. The standard InChI is InChI=1S/C30H22.C3H6/c1-3-20(4-2)21-15-11-16-25-24-14-7-10-19-28(24)30(29(21)25)26-17-8-5-12-22(26)23-13-6-9-18-27(23)30;1-3-2/h3-19H,1H2,2H3;3H,1H2,2H3/b20-4+;. The lowest BCUT2D eigenvalue weighted by molar-refractivity contribution is 0.791. The zero-order valence-electron chi connectivity index (χ0n) is 19.3. The van der Waals surface area contributed by atoms with E-state index >= 15 is 0 Å². The Labute approximate surface area is 197 Å². The zero-order chi connectivity index (χ0) is 23.0. The molecule has 0 aromatic heterocycles. The van der Waals surface area contributed by atoms with Gasteiger partial charge in [-0.05, 0) is 69.5 Å². The highest BCUT2D eigenvalue weighted by molar-refractivity contribution is 5.98. The molecule has 0 nitrogen and oxygen atoms in total. The van der Waals surface area contributed by atoms with Gasteiger partial charge in [0.2, 0.25) is 0 Å². The highest BCUT2D eigenvalue weighted by Crippen LogP contribution is 2.63. The number of rotatable bonds is 2. The van der Waals surface area contributed by atoms with E-state index in [-0.39, 0.29) is 5.41 Å². The van der Waals surface area contributed by atoms with Crippen LogP contribution in [-0.2, 0) is 5.41 Å². The lowest BCUT2D eigenvalue weighted by atomic mass is 9.68. The van der Waals surface area contributed by atoms with E-state index in [0.29, 0.717) is 0 Å². The van der Waals surface area contributed by atoms with Gasteiger partial charge in [0.15, 0.2) is 0 Å². The van der Waals surface area contributed by atoms with E-state index in [1.807, 2.05) is 13.0 Å². The molecular formula is C33H28. The van der Waals surface area contributed by atoms with Crippen LogP contribution in [0.2, 0.25) is 0 Å². The van der Waals surface area contributed by atoms with E-state index in [9.17, 15) is 0 Å². The monoisotopic (exact) mass is 424 g/mol. The molecule has 0 unspecified atom stereocenters. The normalized spacial score (nSPS) is 13.8. The van der Waals surface area contributed by atoms with Crippen molar-refractivity contribution in [3.8, 4) is 22.3 Å². The lowest BCUT2D eigenvalue weighted by Gasteiger charge is -2.32. The van der Waals surface area contributed by atoms with Crippen molar-refractivity contribution in [2.75, 3.05) is 0 Å². The van der Waals surface area contributed by atoms with Crippen molar-refractivity contribution < 1.29 is 0 Å². The van der Waals surface area contributed by atoms with E-state index in [1.165, 1.54) is 55.6 Å². The largest absolute Gasteiger partial charge is 0.103 e. The third-order valence-corrected chi connectivity index (χ3v) is 6.85. The molecule has 0 saturated carbocycles. The molecule has 0 radical (unpaired) electrons. The van der Waals surface area contributed by atoms with Gasteiger partial charge in [-0.2, -0.15) is 0 Å². The first-order chi connectivity index (χ1) is 16.2. The van der Waals surface area contributed by atoms with Gasteiger partial charge in [-0.25, -0.2) is 0 Å². The number of benzene rings is 4. The van der Waals surface area contributed by atoms with E-state index < -0.39 is 0 Å². The van der Waals surface area contributed by atoms with Crippen LogP contribution >= 0.6 is 0 Å². The zero-order valence-corrected chi connectivity index (χ0v) is 19.3. The molecule has 2 aliphatic rings. The molecule has 0 amide bonds. The van der Waals surface area contributed by atoms with E-state index in [4.69, 9.17) is 0 Å². The molecule has 0 N–H and O–H groups in total. The molecule has 0 bridgehead atoms. The van der Waals surface area contributed by atoms with Crippen LogP contribution in [-0.4, -0.2) is 0 Å². The summed E-state index contributed by atoms with van der Waals surface area (Å²) in [4.78, 5) is 0. The van der Waals surface area contributed by atoms with Gasteiger partial charge in [0.05, 0.1) is 5.41 Å². The molecule has 4 aromatic rings. The summed E-state index contributed by atoms with van der Waals surface area (Å²) in [5.41, 5.74) is 13.0. The maximum absolute atomic E-state index is 4.12. The summed E-state index contributed by atoms with van der Waals surface area (Å²) in [6, 6.07) is 33.5. The molecule has 2 aliphatic carbocycles. The Balaban J connectivity index is 0.000000724. The fraction of sp³-hybridized carbons (Fsp3) is 0.0909. The van der Waals surface area contributed by atoms with Crippen molar-refractivity contribution in [3.63, 3.8) is 0 Å². The minimum Gasteiger partial charge on any atom is -0.103 e. The quantitative estimate of drug-likeness (QED) is 0.192. The van der Waals surface area contributed by atoms with Crippen molar-refractivity contribution in [3.05, 3.63) is 150 Å². The smallest absolute Gasteiger partial charge is 0.0731 e. The summed E-state index contributed by atoms with van der Waals surface area (Å²) >= 11 is 0. The van der Waals surface area contributed by atoms with Crippen molar-refractivity contribution >= 4 is 5.57 Å². The molecule has 4 aromatic carbocycles. The average molecular weight is 425 g/mol. The fourth-order valence-electron chi connectivity index (χ4n) is 5.78. The van der Waals surface area contributed by atoms with Gasteiger partial charge in [-0.15, -0.1) is 6.58 Å². The summed E-state index contributed by atoms with van der Waals surface area (Å²) in [6.45, 7) is 11.5. The molecular weight excluding hydrogens is 396 g/mol. The van der Waals surface area contributed by atoms with Crippen molar-refractivity contribution in [2.24, 2.45) is 0 Å². The van der Waals surface area contributed by atoms with Crippen molar-refractivity contribution in [1.82, 2.24) is 0 Å². The Morgan fingerprint density at radius 1 is 0.606 bits per heavy atom. The number of allylic oxidation sites excluding steroid dienone is 4. The molecule has 0 fully saturated rings. The Kier molecular flexibility index (Phi) is 5.23. The summed E-state index contributed by atoms with van der Waals surface area (Å²) in [5, 5.41) is 0. The number of hydrogen-bond donors (Lipinski definition) is 0. The highest BCUT2D eigenvalue weighted by atomic mass is 14.5. The molecule has 160 valence electrons. The predicted molar refractivity (Wildman–Crippen MR) is 142 cm³/mol. The second-order valence-corrected chi connectivity index (χ2v) is 8.47. The third kappa shape index (κ3) is 2.77. The van der Waals surface area contributed by atoms with Crippen LogP contribution in [0.1, 0.15) is 41.7 Å². The summed E-state index contributed by atoms with van der Waals surface area (Å²) < 4.78 is 0. The van der Waals surface area contributed by atoms with Crippen LogP contribution in [0.25, 0.3) is 27.8 Å². The average Bonchev–Trinajstić information content (AvgIpc) is 3.33. The first kappa shape index (κ1) is 21.0. The van der Waals surface area contributed by atoms with Crippen LogP contribution in [0.3, 0.4) is 0 Å².